The van der Waals surface area contributed by atoms with Gasteiger partial charge in [0.1, 0.15) is 5.82 Å². The number of nitrogens with one attached hydrogen (secondary N) is 1. The van der Waals surface area contributed by atoms with Gasteiger partial charge in [-0.2, -0.15) is 17.7 Å². The van der Waals surface area contributed by atoms with Crippen LogP contribution >= 0.6 is 0 Å². The first-order chi connectivity index (χ1) is 12.8. The molecule has 1 N–H and O–H groups in total. The second kappa shape index (κ2) is 7.67. The molecule has 3 rings (SSSR count). The molecule has 0 saturated carbocycles. The molecule has 1 saturated heterocycles. The van der Waals surface area contributed by atoms with Crippen LogP contribution in [0.25, 0.3) is 5.65 Å². The van der Waals surface area contributed by atoms with Gasteiger partial charge in [0.25, 0.3) is 5.82 Å². The smallest absolute Gasteiger partial charge is 0.353 e. The third kappa shape index (κ3) is 4.46. The molecule has 3 heterocycles. The third-order valence-electron chi connectivity index (χ3n) is 4.59. The fourth-order valence-electron chi connectivity index (χ4n) is 2.89. The number of nitrogens with zero attached hydrogens (tertiary/aromatic N) is 6. The topological polar surface area (TPSA) is 78.7 Å². The normalized spacial score (nSPS) is 17.3. The van der Waals surface area contributed by atoms with Gasteiger partial charge in [-0.05, 0) is 25.5 Å². The standard InChI is InChI=1S/C16H22F3N7O/c1-3-11(2)20-14(27)10-24-6-8-25(9-7-24)13-5-4-12-21-22-15(16(17,18)19)26(12)23-13/h4-5,11H,3,6-10H2,1-2H3,(H,20,27). The zero-order chi connectivity index (χ0) is 19.6. The van der Waals surface area contributed by atoms with E-state index in [1.54, 1.807) is 6.07 Å². The molecule has 1 fully saturated rings. The van der Waals surface area contributed by atoms with E-state index in [9.17, 15) is 18.0 Å². The zero-order valence-electron chi connectivity index (χ0n) is 15.2. The van der Waals surface area contributed by atoms with Crippen molar-refractivity contribution < 1.29 is 18.0 Å². The first-order valence-electron chi connectivity index (χ1n) is 8.84. The minimum Gasteiger partial charge on any atom is -0.353 e. The molecule has 0 bridgehead atoms. The van der Waals surface area contributed by atoms with Crippen LogP contribution in [0.4, 0.5) is 19.0 Å². The van der Waals surface area contributed by atoms with Gasteiger partial charge in [-0.1, -0.05) is 6.92 Å². The van der Waals surface area contributed by atoms with Crippen LogP contribution in [0, 0.1) is 0 Å². The van der Waals surface area contributed by atoms with Gasteiger partial charge < -0.3 is 10.2 Å². The summed E-state index contributed by atoms with van der Waals surface area (Å²) in [5, 5.41) is 13.7. The van der Waals surface area contributed by atoms with E-state index in [2.05, 4.69) is 20.6 Å². The quantitative estimate of drug-likeness (QED) is 0.833. The number of halogens is 3. The lowest BCUT2D eigenvalue weighted by Gasteiger charge is -2.35. The van der Waals surface area contributed by atoms with E-state index in [1.165, 1.54) is 6.07 Å². The number of hydrogen-bond donors (Lipinski definition) is 1. The Labute approximate surface area is 154 Å². The fourth-order valence-corrected chi connectivity index (χ4v) is 2.89. The van der Waals surface area contributed by atoms with Crippen molar-refractivity contribution in [2.45, 2.75) is 32.5 Å². The van der Waals surface area contributed by atoms with Crippen molar-refractivity contribution in [1.82, 2.24) is 30.0 Å². The number of anilines is 1. The Bertz CT molecular complexity index is 799. The van der Waals surface area contributed by atoms with Crippen LogP contribution in [-0.4, -0.2) is 69.4 Å². The summed E-state index contributed by atoms with van der Waals surface area (Å²) in [7, 11) is 0. The lowest BCUT2D eigenvalue weighted by Crippen LogP contribution is -2.50. The SMILES string of the molecule is CCC(C)NC(=O)CN1CCN(c2ccc3nnc(C(F)(F)F)n3n2)CC1. The van der Waals surface area contributed by atoms with Crippen LogP contribution < -0.4 is 10.2 Å². The molecule has 1 unspecified atom stereocenters. The van der Waals surface area contributed by atoms with Crippen LogP contribution in [0.3, 0.4) is 0 Å². The number of piperazine rings is 1. The molecule has 1 amide bonds. The molecular weight excluding hydrogens is 363 g/mol. The van der Waals surface area contributed by atoms with Crippen LogP contribution in [0.1, 0.15) is 26.1 Å². The number of carbonyl (C=O) groups excluding carboxylic acids is 1. The average molecular weight is 385 g/mol. The van der Waals surface area contributed by atoms with Crippen molar-refractivity contribution in [3.05, 3.63) is 18.0 Å². The van der Waals surface area contributed by atoms with E-state index in [4.69, 9.17) is 0 Å². The number of alkyl halides is 3. The number of amides is 1. The second-order valence-corrected chi connectivity index (χ2v) is 6.62. The van der Waals surface area contributed by atoms with Crippen LogP contribution in [0.15, 0.2) is 12.1 Å². The summed E-state index contributed by atoms with van der Waals surface area (Å²) < 4.78 is 39.7. The van der Waals surface area contributed by atoms with Gasteiger partial charge >= 0.3 is 6.18 Å². The third-order valence-corrected chi connectivity index (χ3v) is 4.59. The molecule has 0 spiro atoms. The van der Waals surface area contributed by atoms with Gasteiger partial charge in [-0.25, -0.2) is 0 Å². The highest BCUT2D eigenvalue weighted by molar-refractivity contribution is 5.78. The van der Waals surface area contributed by atoms with E-state index in [0.29, 0.717) is 38.5 Å². The highest BCUT2D eigenvalue weighted by atomic mass is 19.4. The summed E-state index contributed by atoms with van der Waals surface area (Å²) in [5.41, 5.74) is 0.0476. The summed E-state index contributed by atoms with van der Waals surface area (Å²) in [6.07, 6.45) is -3.75. The lowest BCUT2D eigenvalue weighted by molar-refractivity contribution is -0.146. The van der Waals surface area contributed by atoms with Crippen molar-refractivity contribution >= 4 is 17.4 Å². The Morgan fingerprint density at radius 1 is 1.22 bits per heavy atom. The summed E-state index contributed by atoms with van der Waals surface area (Å²) in [5.74, 6) is -0.729. The van der Waals surface area contributed by atoms with E-state index >= 15 is 0 Å². The minimum atomic E-state index is -4.62. The van der Waals surface area contributed by atoms with E-state index in [-0.39, 0.29) is 17.6 Å². The van der Waals surface area contributed by atoms with Crippen LogP contribution in [0.5, 0.6) is 0 Å². The first-order valence-corrected chi connectivity index (χ1v) is 8.84. The van der Waals surface area contributed by atoms with Crippen molar-refractivity contribution in [1.29, 1.82) is 0 Å². The minimum absolute atomic E-state index is 0.0170. The predicted molar refractivity (Wildman–Crippen MR) is 92.3 cm³/mol. The number of carbonyl (C=O) groups is 1. The van der Waals surface area contributed by atoms with Crippen molar-refractivity contribution in [2.75, 3.05) is 37.6 Å². The first kappa shape index (κ1) is 19.3. The van der Waals surface area contributed by atoms with E-state index in [1.807, 2.05) is 23.6 Å². The fraction of sp³-hybridized carbons (Fsp3) is 0.625. The largest absolute Gasteiger partial charge is 0.453 e. The Hall–Kier alpha value is -2.43. The number of aromatic nitrogens is 4. The van der Waals surface area contributed by atoms with Gasteiger partial charge in [0.15, 0.2) is 5.65 Å². The molecular formula is C16H22F3N7O. The monoisotopic (exact) mass is 385 g/mol. The maximum absolute atomic E-state index is 13.0. The molecule has 1 aliphatic rings. The number of hydrogen-bond acceptors (Lipinski definition) is 6. The molecule has 0 radical (unpaired) electrons. The van der Waals surface area contributed by atoms with Gasteiger partial charge in [-0.3, -0.25) is 9.69 Å². The molecule has 1 atom stereocenters. The summed E-state index contributed by atoms with van der Waals surface area (Å²) in [4.78, 5) is 15.9. The van der Waals surface area contributed by atoms with Crippen LogP contribution in [0.2, 0.25) is 0 Å². The maximum Gasteiger partial charge on any atom is 0.453 e. The Balaban J connectivity index is 1.63. The van der Waals surface area contributed by atoms with Crippen molar-refractivity contribution in [3.8, 4) is 0 Å². The average Bonchev–Trinajstić information content (AvgIpc) is 3.05. The second-order valence-electron chi connectivity index (χ2n) is 6.62. The highest BCUT2D eigenvalue weighted by Gasteiger charge is 2.37. The van der Waals surface area contributed by atoms with Crippen molar-refractivity contribution in [3.63, 3.8) is 0 Å². The predicted octanol–water partition coefficient (Wildman–Crippen LogP) is 1.18. The molecule has 27 heavy (non-hydrogen) atoms. The maximum atomic E-state index is 13.0. The number of fused-ring (bicyclic) bond motifs is 1. The highest BCUT2D eigenvalue weighted by Crippen LogP contribution is 2.28. The van der Waals surface area contributed by atoms with Crippen LogP contribution in [-0.2, 0) is 11.0 Å². The Kier molecular flexibility index (Phi) is 5.49. The van der Waals surface area contributed by atoms with Gasteiger partial charge in [0, 0.05) is 32.2 Å². The summed E-state index contributed by atoms with van der Waals surface area (Å²) in [6.45, 7) is 6.67. The molecule has 11 heteroatoms. The Morgan fingerprint density at radius 2 is 1.93 bits per heavy atom. The van der Waals surface area contributed by atoms with Gasteiger partial charge in [0.2, 0.25) is 5.91 Å². The molecule has 0 aromatic carbocycles. The molecule has 0 aliphatic carbocycles. The van der Waals surface area contributed by atoms with E-state index < -0.39 is 12.0 Å². The summed E-state index contributed by atoms with van der Waals surface area (Å²) >= 11 is 0. The number of rotatable bonds is 5. The van der Waals surface area contributed by atoms with E-state index in [0.717, 1.165) is 10.9 Å². The van der Waals surface area contributed by atoms with Gasteiger partial charge in [-0.15, -0.1) is 15.3 Å². The molecule has 2 aromatic rings. The molecule has 148 valence electrons. The zero-order valence-corrected chi connectivity index (χ0v) is 15.2. The Morgan fingerprint density at radius 3 is 2.56 bits per heavy atom. The molecule has 2 aromatic heterocycles. The molecule has 1 aliphatic heterocycles. The van der Waals surface area contributed by atoms with Crippen molar-refractivity contribution in [2.24, 2.45) is 0 Å². The lowest BCUT2D eigenvalue weighted by atomic mass is 10.2. The summed E-state index contributed by atoms with van der Waals surface area (Å²) in [6, 6.07) is 3.24. The van der Waals surface area contributed by atoms with Gasteiger partial charge in [0.05, 0.1) is 6.54 Å². The molecule has 8 nitrogen and oxygen atoms in total.